The van der Waals surface area contributed by atoms with Crippen molar-refractivity contribution in [3.63, 3.8) is 0 Å². The molecule has 29 heavy (non-hydrogen) atoms. The standard InChI is InChI=1S/C20H17F3N2O4/c1-25-16(10-24-29-12-19(26)27)8-14-9-17(6-7-18(14)25)28-11-13-2-4-15(5-3-13)20(21,22)23/h2-10H,11-12H2,1H3,(H,26,27). The number of fused-ring (bicyclic) bond motifs is 1. The van der Waals surface area contributed by atoms with Gasteiger partial charge in [-0.15, -0.1) is 0 Å². The van der Waals surface area contributed by atoms with Crippen molar-refractivity contribution in [2.75, 3.05) is 6.61 Å². The lowest BCUT2D eigenvalue weighted by atomic mass is 10.1. The predicted molar refractivity (Wildman–Crippen MR) is 99.9 cm³/mol. The monoisotopic (exact) mass is 406 g/mol. The normalized spacial score (nSPS) is 11.9. The molecule has 0 amide bonds. The van der Waals surface area contributed by atoms with Crippen LogP contribution in [0.2, 0.25) is 0 Å². The Morgan fingerprint density at radius 2 is 1.90 bits per heavy atom. The van der Waals surface area contributed by atoms with Gasteiger partial charge >= 0.3 is 12.1 Å². The minimum Gasteiger partial charge on any atom is -0.489 e. The van der Waals surface area contributed by atoms with Crippen LogP contribution in [0.1, 0.15) is 16.8 Å². The topological polar surface area (TPSA) is 73.1 Å². The molecule has 0 bridgehead atoms. The minimum absolute atomic E-state index is 0.133. The third-order valence-electron chi connectivity index (χ3n) is 4.19. The quantitative estimate of drug-likeness (QED) is 0.471. The largest absolute Gasteiger partial charge is 0.489 e. The van der Waals surface area contributed by atoms with E-state index in [-0.39, 0.29) is 6.61 Å². The lowest BCUT2D eigenvalue weighted by Crippen LogP contribution is -2.05. The van der Waals surface area contributed by atoms with Gasteiger partial charge in [0.05, 0.1) is 17.5 Å². The first kappa shape index (κ1) is 20.2. The van der Waals surface area contributed by atoms with Crippen molar-refractivity contribution in [1.29, 1.82) is 0 Å². The van der Waals surface area contributed by atoms with E-state index in [1.807, 2.05) is 23.7 Å². The van der Waals surface area contributed by atoms with Crippen LogP contribution >= 0.6 is 0 Å². The average molecular weight is 406 g/mol. The van der Waals surface area contributed by atoms with Gasteiger partial charge in [-0.3, -0.25) is 0 Å². The molecule has 1 heterocycles. The molecule has 0 fully saturated rings. The lowest BCUT2D eigenvalue weighted by Gasteiger charge is -2.09. The van der Waals surface area contributed by atoms with Crippen LogP contribution in [-0.2, 0) is 29.5 Å². The highest BCUT2D eigenvalue weighted by atomic mass is 19.4. The summed E-state index contributed by atoms with van der Waals surface area (Å²) in [7, 11) is 1.82. The Kier molecular flexibility index (Phi) is 5.76. The van der Waals surface area contributed by atoms with E-state index in [0.717, 1.165) is 23.0 Å². The summed E-state index contributed by atoms with van der Waals surface area (Å²) in [5.41, 5.74) is 1.51. The molecular weight excluding hydrogens is 389 g/mol. The molecular formula is C20H17F3N2O4. The molecule has 9 heteroatoms. The molecule has 0 aliphatic carbocycles. The maximum Gasteiger partial charge on any atom is 0.416 e. The highest BCUT2D eigenvalue weighted by Gasteiger charge is 2.29. The molecule has 6 nitrogen and oxygen atoms in total. The Balaban J connectivity index is 1.68. The van der Waals surface area contributed by atoms with Crippen molar-refractivity contribution in [2.45, 2.75) is 12.8 Å². The Labute approximate surface area is 163 Å². The van der Waals surface area contributed by atoms with Crippen molar-refractivity contribution in [3.8, 4) is 5.75 Å². The van der Waals surface area contributed by atoms with Crippen molar-refractivity contribution in [2.24, 2.45) is 12.2 Å². The fraction of sp³-hybridized carbons (Fsp3) is 0.200. The van der Waals surface area contributed by atoms with Crippen molar-refractivity contribution in [1.82, 2.24) is 4.57 Å². The maximum absolute atomic E-state index is 12.6. The number of nitrogens with zero attached hydrogens (tertiary/aromatic N) is 2. The van der Waals surface area contributed by atoms with Crippen LogP contribution in [0.3, 0.4) is 0 Å². The molecule has 0 radical (unpaired) electrons. The Morgan fingerprint density at radius 3 is 2.55 bits per heavy atom. The molecule has 0 aliphatic rings. The predicted octanol–water partition coefficient (Wildman–Crippen LogP) is 4.21. The first-order valence-corrected chi connectivity index (χ1v) is 8.49. The number of halogens is 3. The van der Waals surface area contributed by atoms with E-state index in [9.17, 15) is 18.0 Å². The second-order valence-electron chi connectivity index (χ2n) is 6.23. The molecule has 0 saturated carbocycles. The number of rotatable bonds is 7. The summed E-state index contributed by atoms with van der Waals surface area (Å²) >= 11 is 0. The zero-order chi connectivity index (χ0) is 21.0. The molecule has 0 unspecified atom stereocenters. The van der Waals surface area contributed by atoms with Crippen LogP contribution in [0.5, 0.6) is 5.75 Å². The summed E-state index contributed by atoms with van der Waals surface area (Å²) in [6.07, 6.45) is -2.96. The number of carboxylic acids is 1. The Hall–Kier alpha value is -3.49. The molecule has 1 N–H and O–H groups in total. The fourth-order valence-electron chi connectivity index (χ4n) is 2.70. The van der Waals surface area contributed by atoms with Gasteiger partial charge in [0.1, 0.15) is 12.4 Å². The van der Waals surface area contributed by atoms with Gasteiger partial charge in [-0.2, -0.15) is 13.2 Å². The smallest absolute Gasteiger partial charge is 0.416 e. The summed E-state index contributed by atoms with van der Waals surface area (Å²) < 4.78 is 45.4. The van der Waals surface area contributed by atoms with E-state index < -0.39 is 24.3 Å². The van der Waals surface area contributed by atoms with Gasteiger partial charge in [-0.05, 0) is 42.0 Å². The van der Waals surface area contributed by atoms with Gasteiger partial charge in [0, 0.05) is 18.0 Å². The number of aryl methyl sites for hydroxylation is 1. The van der Waals surface area contributed by atoms with Crippen LogP contribution in [0.4, 0.5) is 13.2 Å². The van der Waals surface area contributed by atoms with Gasteiger partial charge in [-0.1, -0.05) is 17.3 Å². The van der Waals surface area contributed by atoms with Gasteiger partial charge < -0.3 is 19.2 Å². The summed E-state index contributed by atoms with van der Waals surface area (Å²) in [5, 5.41) is 13.0. The molecule has 0 spiro atoms. The summed E-state index contributed by atoms with van der Waals surface area (Å²) in [5.74, 6) is -0.553. The number of ether oxygens (including phenoxy) is 1. The number of carboxylic acid groups (broad SMARTS) is 1. The van der Waals surface area contributed by atoms with Crippen LogP contribution < -0.4 is 4.74 Å². The number of benzene rings is 2. The number of carbonyl (C=O) groups is 1. The summed E-state index contributed by atoms with van der Waals surface area (Å²) in [4.78, 5) is 15.1. The Bertz CT molecular complexity index is 1040. The SMILES string of the molecule is Cn1c(C=NOCC(=O)O)cc2cc(OCc3ccc(C(F)(F)F)cc3)ccc21. The summed E-state index contributed by atoms with van der Waals surface area (Å²) in [6, 6.07) is 12.0. The highest BCUT2D eigenvalue weighted by molar-refractivity contribution is 5.91. The number of aromatic nitrogens is 1. The van der Waals surface area contributed by atoms with Crippen LogP contribution in [-0.4, -0.2) is 28.5 Å². The zero-order valence-corrected chi connectivity index (χ0v) is 15.3. The minimum atomic E-state index is -4.36. The number of aliphatic carboxylic acids is 1. The average Bonchev–Trinajstić information content (AvgIpc) is 2.98. The van der Waals surface area contributed by atoms with Crippen molar-refractivity contribution in [3.05, 3.63) is 65.4 Å². The molecule has 0 atom stereocenters. The third kappa shape index (κ3) is 5.07. The molecule has 1 aromatic heterocycles. The zero-order valence-electron chi connectivity index (χ0n) is 15.3. The van der Waals surface area contributed by atoms with Gasteiger partial charge in [0.15, 0.2) is 0 Å². The first-order valence-electron chi connectivity index (χ1n) is 8.49. The van der Waals surface area contributed by atoms with Crippen LogP contribution in [0.25, 0.3) is 10.9 Å². The second-order valence-corrected chi connectivity index (χ2v) is 6.23. The van der Waals surface area contributed by atoms with Gasteiger partial charge in [0.25, 0.3) is 0 Å². The van der Waals surface area contributed by atoms with Crippen LogP contribution in [0.15, 0.2) is 53.7 Å². The molecule has 0 aliphatic heterocycles. The third-order valence-corrected chi connectivity index (χ3v) is 4.19. The number of oxime groups is 1. The van der Waals surface area contributed by atoms with E-state index in [1.54, 1.807) is 12.1 Å². The molecule has 3 aromatic rings. The van der Waals surface area contributed by atoms with E-state index in [4.69, 9.17) is 9.84 Å². The first-order chi connectivity index (χ1) is 13.7. The van der Waals surface area contributed by atoms with Gasteiger partial charge in [0.2, 0.25) is 6.61 Å². The molecule has 2 aromatic carbocycles. The van der Waals surface area contributed by atoms with E-state index in [0.29, 0.717) is 17.0 Å². The van der Waals surface area contributed by atoms with Crippen molar-refractivity contribution < 1.29 is 32.6 Å². The molecule has 3 rings (SSSR count). The lowest BCUT2D eigenvalue weighted by molar-refractivity contribution is -0.142. The highest BCUT2D eigenvalue weighted by Crippen LogP contribution is 2.29. The Morgan fingerprint density at radius 1 is 1.17 bits per heavy atom. The fourth-order valence-corrected chi connectivity index (χ4v) is 2.70. The van der Waals surface area contributed by atoms with E-state index in [1.165, 1.54) is 18.3 Å². The van der Waals surface area contributed by atoms with E-state index >= 15 is 0 Å². The number of hydrogen-bond donors (Lipinski definition) is 1. The van der Waals surface area contributed by atoms with Gasteiger partial charge in [-0.25, -0.2) is 4.79 Å². The summed E-state index contributed by atoms with van der Waals surface area (Å²) in [6.45, 7) is -0.393. The molecule has 152 valence electrons. The number of alkyl halides is 3. The van der Waals surface area contributed by atoms with Crippen LogP contribution in [0, 0.1) is 0 Å². The van der Waals surface area contributed by atoms with E-state index in [2.05, 4.69) is 9.99 Å². The molecule has 0 saturated heterocycles. The maximum atomic E-state index is 12.6. The second kappa shape index (κ2) is 8.26. The van der Waals surface area contributed by atoms with Crippen molar-refractivity contribution >= 4 is 23.1 Å². The number of hydrogen-bond acceptors (Lipinski definition) is 4.